The lowest BCUT2D eigenvalue weighted by atomic mass is 9.68. The fourth-order valence-corrected chi connectivity index (χ4v) is 3.90. The molecule has 0 radical (unpaired) electrons. The van der Waals surface area contributed by atoms with Crippen molar-refractivity contribution in [3.63, 3.8) is 0 Å². The lowest BCUT2D eigenvalue weighted by molar-refractivity contribution is -0.196. The van der Waals surface area contributed by atoms with Gasteiger partial charge in [0.05, 0.1) is 13.2 Å². The average Bonchev–Trinajstić information content (AvgIpc) is 2.87. The first-order chi connectivity index (χ1) is 7.79. The highest BCUT2D eigenvalue weighted by molar-refractivity contribution is 5.20. The lowest BCUT2D eigenvalue weighted by Gasteiger charge is -2.43. The Morgan fingerprint density at radius 1 is 1.06 bits per heavy atom. The number of hydrogen-bond donors (Lipinski definition) is 0. The van der Waals surface area contributed by atoms with Crippen molar-refractivity contribution >= 4 is 0 Å². The van der Waals surface area contributed by atoms with Gasteiger partial charge in [-0.25, -0.2) is 0 Å². The molecule has 2 spiro atoms. The summed E-state index contributed by atoms with van der Waals surface area (Å²) in [5, 5.41) is 0. The van der Waals surface area contributed by atoms with E-state index in [0.717, 1.165) is 26.1 Å². The molecule has 88 valence electrons. The Morgan fingerprint density at radius 2 is 1.81 bits per heavy atom. The molecule has 0 N–H and O–H groups in total. The Balaban J connectivity index is 1.88. The zero-order valence-electron chi connectivity index (χ0n) is 9.89. The van der Waals surface area contributed by atoms with Crippen LogP contribution in [0.25, 0.3) is 0 Å². The SMILES string of the molecule is C=C=C1CCC[C@@]12CCCC1(C2)OCCO1. The highest BCUT2D eigenvalue weighted by Crippen LogP contribution is 2.56. The Labute approximate surface area is 97.3 Å². The van der Waals surface area contributed by atoms with Crippen molar-refractivity contribution < 1.29 is 9.47 Å². The van der Waals surface area contributed by atoms with Gasteiger partial charge in [-0.3, -0.25) is 0 Å². The molecule has 0 unspecified atom stereocenters. The number of rotatable bonds is 0. The van der Waals surface area contributed by atoms with Crippen LogP contribution in [-0.2, 0) is 9.47 Å². The maximum absolute atomic E-state index is 5.88. The van der Waals surface area contributed by atoms with E-state index in [4.69, 9.17) is 9.47 Å². The second kappa shape index (κ2) is 3.73. The zero-order valence-corrected chi connectivity index (χ0v) is 9.89. The predicted octanol–water partition coefficient (Wildman–Crippen LogP) is 3.19. The lowest BCUT2D eigenvalue weighted by Crippen LogP contribution is -2.41. The van der Waals surface area contributed by atoms with Gasteiger partial charge in [0, 0.05) is 18.3 Å². The van der Waals surface area contributed by atoms with E-state index >= 15 is 0 Å². The Morgan fingerprint density at radius 3 is 2.56 bits per heavy atom. The molecule has 0 aromatic heterocycles. The molecule has 2 nitrogen and oxygen atoms in total. The van der Waals surface area contributed by atoms with Crippen molar-refractivity contribution in [2.75, 3.05) is 13.2 Å². The van der Waals surface area contributed by atoms with E-state index in [1.54, 1.807) is 0 Å². The molecule has 1 heterocycles. The molecule has 2 heteroatoms. The van der Waals surface area contributed by atoms with Crippen LogP contribution in [0.15, 0.2) is 17.9 Å². The van der Waals surface area contributed by atoms with Crippen molar-refractivity contribution in [2.24, 2.45) is 5.41 Å². The van der Waals surface area contributed by atoms with Gasteiger partial charge >= 0.3 is 0 Å². The Hall–Kier alpha value is -0.560. The van der Waals surface area contributed by atoms with Crippen molar-refractivity contribution in [2.45, 2.75) is 50.7 Å². The summed E-state index contributed by atoms with van der Waals surface area (Å²) in [6, 6.07) is 0. The summed E-state index contributed by atoms with van der Waals surface area (Å²) >= 11 is 0. The summed E-state index contributed by atoms with van der Waals surface area (Å²) in [7, 11) is 0. The number of ether oxygens (including phenoxy) is 2. The summed E-state index contributed by atoms with van der Waals surface area (Å²) in [4.78, 5) is 0. The average molecular weight is 220 g/mol. The van der Waals surface area contributed by atoms with Crippen LogP contribution in [0.2, 0.25) is 0 Å². The monoisotopic (exact) mass is 220 g/mol. The molecular weight excluding hydrogens is 200 g/mol. The third-order valence-corrected chi connectivity index (χ3v) is 4.57. The zero-order chi connectivity index (χ0) is 11.1. The van der Waals surface area contributed by atoms with Crippen LogP contribution < -0.4 is 0 Å². The van der Waals surface area contributed by atoms with Crippen molar-refractivity contribution in [1.29, 1.82) is 0 Å². The summed E-state index contributed by atoms with van der Waals surface area (Å²) in [6.07, 6.45) is 8.34. The van der Waals surface area contributed by atoms with E-state index < -0.39 is 0 Å². The maximum atomic E-state index is 5.88. The molecule has 3 rings (SSSR count). The van der Waals surface area contributed by atoms with E-state index in [-0.39, 0.29) is 5.79 Å². The molecule has 0 aromatic carbocycles. The quantitative estimate of drug-likeness (QED) is 0.584. The molecular formula is C14H20O2. The molecule has 1 aliphatic heterocycles. The first kappa shape index (κ1) is 10.6. The fourth-order valence-electron chi connectivity index (χ4n) is 3.90. The summed E-state index contributed by atoms with van der Waals surface area (Å²) < 4.78 is 11.8. The topological polar surface area (TPSA) is 18.5 Å². The minimum atomic E-state index is -0.259. The van der Waals surface area contributed by atoms with Crippen LogP contribution in [0.5, 0.6) is 0 Å². The largest absolute Gasteiger partial charge is 0.348 e. The van der Waals surface area contributed by atoms with Gasteiger partial charge in [0.1, 0.15) is 0 Å². The highest BCUT2D eigenvalue weighted by atomic mass is 16.7. The Kier molecular flexibility index (Phi) is 2.47. The first-order valence-electron chi connectivity index (χ1n) is 6.46. The molecule has 3 fully saturated rings. The highest BCUT2D eigenvalue weighted by Gasteiger charge is 2.51. The van der Waals surface area contributed by atoms with Gasteiger partial charge in [-0.2, -0.15) is 0 Å². The van der Waals surface area contributed by atoms with Gasteiger partial charge in [0.15, 0.2) is 5.79 Å². The smallest absolute Gasteiger partial charge is 0.169 e. The van der Waals surface area contributed by atoms with Crippen molar-refractivity contribution in [3.05, 3.63) is 17.9 Å². The third-order valence-electron chi connectivity index (χ3n) is 4.57. The second-order valence-electron chi connectivity index (χ2n) is 5.43. The normalized spacial score (nSPS) is 37.1. The van der Waals surface area contributed by atoms with Crippen LogP contribution >= 0.6 is 0 Å². The molecule has 0 aromatic rings. The molecule has 16 heavy (non-hydrogen) atoms. The van der Waals surface area contributed by atoms with E-state index in [1.807, 2.05) is 0 Å². The second-order valence-corrected chi connectivity index (χ2v) is 5.43. The van der Waals surface area contributed by atoms with Gasteiger partial charge in [0.2, 0.25) is 0 Å². The predicted molar refractivity (Wildman–Crippen MR) is 62.0 cm³/mol. The van der Waals surface area contributed by atoms with Gasteiger partial charge < -0.3 is 9.47 Å². The summed E-state index contributed by atoms with van der Waals surface area (Å²) in [5.74, 6) is -0.259. The van der Waals surface area contributed by atoms with Crippen LogP contribution in [-0.4, -0.2) is 19.0 Å². The van der Waals surface area contributed by atoms with Crippen molar-refractivity contribution in [3.8, 4) is 0 Å². The van der Waals surface area contributed by atoms with E-state index in [0.29, 0.717) is 5.41 Å². The standard InChI is InChI=1S/C14H20O2/c1-2-12-5-3-6-13(12)7-4-8-14(11-13)15-9-10-16-14/h1,3-11H2/t13-/m0/s1. The first-order valence-corrected chi connectivity index (χ1v) is 6.46. The van der Waals surface area contributed by atoms with Crippen LogP contribution in [0.3, 0.4) is 0 Å². The third kappa shape index (κ3) is 1.48. The van der Waals surface area contributed by atoms with Gasteiger partial charge in [0.25, 0.3) is 0 Å². The van der Waals surface area contributed by atoms with Crippen LogP contribution in [0.4, 0.5) is 0 Å². The molecule has 2 saturated carbocycles. The molecule has 0 amide bonds. The van der Waals surface area contributed by atoms with Crippen molar-refractivity contribution in [1.82, 2.24) is 0 Å². The Bertz CT molecular complexity index is 335. The maximum Gasteiger partial charge on any atom is 0.169 e. The fraction of sp³-hybridized carbons (Fsp3) is 0.786. The van der Waals surface area contributed by atoms with Gasteiger partial charge in [-0.15, -0.1) is 5.73 Å². The number of allylic oxidation sites excluding steroid dienone is 1. The van der Waals surface area contributed by atoms with E-state index in [2.05, 4.69) is 12.3 Å². The molecule has 1 atom stereocenters. The summed E-state index contributed by atoms with van der Waals surface area (Å²) in [5.41, 5.74) is 4.93. The molecule has 3 aliphatic rings. The summed E-state index contributed by atoms with van der Waals surface area (Å²) in [6.45, 7) is 5.40. The van der Waals surface area contributed by atoms with Gasteiger partial charge in [-0.05, 0) is 37.7 Å². The van der Waals surface area contributed by atoms with E-state index in [1.165, 1.54) is 37.7 Å². The van der Waals surface area contributed by atoms with Crippen LogP contribution in [0, 0.1) is 5.41 Å². The molecule has 2 aliphatic carbocycles. The molecule has 0 bridgehead atoms. The van der Waals surface area contributed by atoms with Crippen LogP contribution in [0.1, 0.15) is 44.9 Å². The number of hydrogen-bond acceptors (Lipinski definition) is 2. The minimum absolute atomic E-state index is 0.259. The van der Waals surface area contributed by atoms with Gasteiger partial charge in [-0.1, -0.05) is 6.58 Å². The molecule has 1 saturated heterocycles. The minimum Gasteiger partial charge on any atom is -0.348 e. The van der Waals surface area contributed by atoms with E-state index in [9.17, 15) is 0 Å².